The van der Waals surface area contributed by atoms with Gasteiger partial charge in [-0.05, 0) is 17.7 Å². The lowest BCUT2D eigenvalue weighted by atomic mass is 10.1. The largest absolute Gasteiger partial charge is 0.339 e. The van der Waals surface area contributed by atoms with Gasteiger partial charge in [0.25, 0.3) is 0 Å². The van der Waals surface area contributed by atoms with Crippen molar-refractivity contribution in [3.05, 3.63) is 46.6 Å². The van der Waals surface area contributed by atoms with E-state index in [-0.39, 0.29) is 12.2 Å². The Morgan fingerprint density at radius 1 is 1.41 bits per heavy atom. The summed E-state index contributed by atoms with van der Waals surface area (Å²) in [5, 5.41) is 7.14. The highest BCUT2D eigenvalue weighted by Crippen LogP contribution is 2.15. The molecule has 0 radical (unpaired) electrons. The van der Waals surface area contributed by atoms with Gasteiger partial charge in [0.1, 0.15) is 0 Å². The van der Waals surface area contributed by atoms with Crippen molar-refractivity contribution in [2.75, 3.05) is 18.8 Å². The number of aromatic nitrogens is 2. The van der Waals surface area contributed by atoms with Crippen molar-refractivity contribution < 1.29 is 12.9 Å². The Morgan fingerprint density at radius 2 is 2.27 bits per heavy atom. The van der Waals surface area contributed by atoms with E-state index < -0.39 is 15.1 Å². The Balaban J connectivity index is 1.69. The Morgan fingerprint density at radius 3 is 3.05 bits per heavy atom. The van der Waals surface area contributed by atoms with E-state index in [0.717, 1.165) is 5.56 Å². The quantitative estimate of drug-likeness (QED) is 0.900. The molecule has 1 aliphatic rings. The van der Waals surface area contributed by atoms with E-state index >= 15 is 0 Å². The van der Waals surface area contributed by atoms with Gasteiger partial charge in [-0.25, -0.2) is 8.42 Å². The molecule has 1 saturated heterocycles. The van der Waals surface area contributed by atoms with E-state index in [1.54, 1.807) is 6.07 Å². The molecule has 22 heavy (non-hydrogen) atoms. The second kappa shape index (κ2) is 6.36. The fourth-order valence-corrected chi connectivity index (χ4v) is 4.18. The van der Waals surface area contributed by atoms with Crippen LogP contribution in [0, 0.1) is 0 Å². The summed E-state index contributed by atoms with van der Waals surface area (Å²) in [7, 11) is -3.08. The van der Waals surface area contributed by atoms with Gasteiger partial charge in [0.2, 0.25) is 5.89 Å². The normalized spacial score (nSPS) is 20.9. The summed E-state index contributed by atoms with van der Waals surface area (Å²) < 4.78 is 29.1. The average molecular weight is 342 g/mol. The van der Waals surface area contributed by atoms with Crippen LogP contribution in [0.15, 0.2) is 28.8 Å². The van der Waals surface area contributed by atoms with E-state index in [1.165, 1.54) is 0 Å². The van der Waals surface area contributed by atoms with Gasteiger partial charge in [-0.2, -0.15) is 4.98 Å². The number of halogens is 1. The molecule has 0 saturated carbocycles. The smallest absolute Gasteiger partial charge is 0.228 e. The van der Waals surface area contributed by atoms with Crippen LogP contribution in [0.3, 0.4) is 0 Å². The highest BCUT2D eigenvalue weighted by Gasteiger charge is 2.30. The number of benzene rings is 1. The lowest BCUT2D eigenvalue weighted by Gasteiger charge is -2.21. The van der Waals surface area contributed by atoms with Crippen LogP contribution < -0.4 is 5.32 Å². The molecule has 3 rings (SSSR count). The molecule has 0 spiro atoms. The highest BCUT2D eigenvalue weighted by atomic mass is 35.5. The van der Waals surface area contributed by atoms with Gasteiger partial charge in [-0.3, -0.25) is 0 Å². The molecular formula is C14H16ClN3O3S. The topological polar surface area (TPSA) is 85.1 Å². The minimum absolute atomic E-state index is 0.154. The van der Waals surface area contributed by atoms with Gasteiger partial charge in [0, 0.05) is 31.0 Å². The molecule has 1 aromatic heterocycles. The van der Waals surface area contributed by atoms with Gasteiger partial charge < -0.3 is 9.84 Å². The van der Waals surface area contributed by atoms with E-state index in [2.05, 4.69) is 15.5 Å². The SMILES string of the molecule is O=S1(=O)CCNCC1Cc1nc(Cc2cccc(Cl)c2)no1. The second-order valence-corrected chi connectivity index (χ2v) is 8.15. The molecular weight excluding hydrogens is 326 g/mol. The zero-order valence-electron chi connectivity index (χ0n) is 11.8. The lowest BCUT2D eigenvalue weighted by Crippen LogP contribution is -2.45. The minimum Gasteiger partial charge on any atom is -0.339 e. The molecule has 8 heteroatoms. The molecule has 1 aliphatic heterocycles. The van der Waals surface area contributed by atoms with E-state index in [1.807, 2.05) is 18.2 Å². The average Bonchev–Trinajstić information content (AvgIpc) is 2.88. The van der Waals surface area contributed by atoms with Crippen molar-refractivity contribution in [1.29, 1.82) is 0 Å². The van der Waals surface area contributed by atoms with Crippen molar-refractivity contribution >= 4 is 21.4 Å². The Labute approximate surface area is 133 Å². The molecule has 0 amide bonds. The van der Waals surface area contributed by atoms with E-state index in [4.69, 9.17) is 16.1 Å². The van der Waals surface area contributed by atoms with Crippen LogP contribution in [0.25, 0.3) is 0 Å². The minimum atomic E-state index is -3.08. The molecule has 0 bridgehead atoms. The molecule has 0 aliphatic carbocycles. The predicted molar refractivity (Wildman–Crippen MR) is 82.7 cm³/mol. The third kappa shape index (κ3) is 3.66. The molecule has 118 valence electrons. The summed E-state index contributed by atoms with van der Waals surface area (Å²) in [5.41, 5.74) is 0.979. The number of sulfone groups is 1. The van der Waals surface area contributed by atoms with Crippen LogP contribution in [-0.2, 0) is 22.7 Å². The molecule has 1 unspecified atom stereocenters. The van der Waals surface area contributed by atoms with Gasteiger partial charge in [0.05, 0.1) is 11.0 Å². The zero-order valence-corrected chi connectivity index (χ0v) is 13.4. The van der Waals surface area contributed by atoms with Crippen LogP contribution in [-0.4, -0.2) is 42.7 Å². The number of nitrogens with zero attached hydrogens (tertiary/aromatic N) is 2. The molecule has 1 atom stereocenters. The summed E-state index contributed by atoms with van der Waals surface area (Å²) in [6.45, 7) is 0.928. The van der Waals surface area contributed by atoms with Crippen molar-refractivity contribution in [2.45, 2.75) is 18.1 Å². The molecule has 1 fully saturated rings. The summed E-state index contributed by atoms with van der Waals surface area (Å²) in [5.74, 6) is 1.04. The van der Waals surface area contributed by atoms with Gasteiger partial charge in [-0.15, -0.1) is 0 Å². The predicted octanol–water partition coefficient (Wildman–Crippen LogP) is 1.24. The maximum atomic E-state index is 12.0. The fraction of sp³-hybridized carbons (Fsp3) is 0.429. The maximum Gasteiger partial charge on any atom is 0.228 e. The molecule has 6 nitrogen and oxygen atoms in total. The summed E-state index contributed by atoms with van der Waals surface area (Å²) in [6, 6.07) is 7.43. The van der Waals surface area contributed by atoms with Crippen LogP contribution >= 0.6 is 11.6 Å². The van der Waals surface area contributed by atoms with Crippen molar-refractivity contribution in [2.24, 2.45) is 0 Å². The first-order valence-electron chi connectivity index (χ1n) is 7.01. The Kier molecular flexibility index (Phi) is 4.46. The Hall–Kier alpha value is -1.44. The summed E-state index contributed by atoms with van der Waals surface area (Å²) >= 11 is 5.94. The van der Waals surface area contributed by atoms with Crippen molar-refractivity contribution in [3.8, 4) is 0 Å². The number of nitrogens with one attached hydrogen (secondary N) is 1. The zero-order chi connectivity index (χ0) is 15.6. The third-order valence-corrected chi connectivity index (χ3v) is 5.96. The van der Waals surface area contributed by atoms with Crippen LogP contribution in [0.2, 0.25) is 5.02 Å². The lowest BCUT2D eigenvalue weighted by molar-refractivity contribution is 0.369. The van der Waals surface area contributed by atoms with Crippen LogP contribution in [0.5, 0.6) is 0 Å². The molecule has 1 aromatic carbocycles. The Bertz CT molecular complexity index is 760. The summed E-state index contributed by atoms with van der Waals surface area (Å²) in [4.78, 5) is 4.28. The standard InChI is InChI=1S/C14H16ClN3O3S/c15-11-3-1-2-10(6-11)7-13-17-14(21-18-13)8-12-9-16-4-5-22(12,19)20/h1-3,6,12,16H,4-5,7-9H2. The van der Waals surface area contributed by atoms with Crippen molar-refractivity contribution in [3.63, 3.8) is 0 Å². The molecule has 2 heterocycles. The first-order valence-corrected chi connectivity index (χ1v) is 9.10. The summed E-state index contributed by atoms with van der Waals surface area (Å²) in [6.07, 6.45) is 0.748. The number of hydrogen-bond donors (Lipinski definition) is 1. The van der Waals surface area contributed by atoms with Crippen molar-refractivity contribution in [1.82, 2.24) is 15.5 Å². The molecule has 1 N–H and O–H groups in total. The first kappa shape index (κ1) is 15.5. The van der Waals surface area contributed by atoms with Gasteiger partial charge in [-0.1, -0.05) is 28.9 Å². The number of rotatable bonds is 4. The fourth-order valence-electron chi connectivity index (χ4n) is 2.44. The van der Waals surface area contributed by atoms with E-state index in [9.17, 15) is 8.42 Å². The van der Waals surface area contributed by atoms with Gasteiger partial charge >= 0.3 is 0 Å². The highest BCUT2D eigenvalue weighted by molar-refractivity contribution is 7.92. The monoisotopic (exact) mass is 341 g/mol. The molecule has 2 aromatic rings. The number of hydrogen-bond acceptors (Lipinski definition) is 6. The second-order valence-electron chi connectivity index (χ2n) is 5.31. The maximum absolute atomic E-state index is 12.0. The van der Waals surface area contributed by atoms with Crippen LogP contribution in [0.1, 0.15) is 17.3 Å². The van der Waals surface area contributed by atoms with Gasteiger partial charge in [0.15, 0.2) is 15.7 Å². The first-order chi connectivity index (χ1) is 10.5. The third-order valence-electron chi connectivity index (χ3n) is 3.61. The van der Waals surface area contributed by atoms with E-state index in [0.29, 0.717) is 36.2 Å². The van der Waals surface area contributed by atoms with Crippen LogP contribution in [0.4, 0.5) is 0 Å².